The summed E-state index contributed by atoms with van der Waals surface area (Å²) in [4.78, 5) is 21.6. The van der Waals surface area contributed by atoms with Crippen LogP contribution in [0, 0.1) is 13.8 Å². The van der Waals surface area contributed by atoms with Crippen molar-refractivity contribution in [1.82, 2.24) is 15.0 Å². The predicted octanol–water partition coefficient (Wildman–Crippen LogP) is 23.9. The minimum atomic E-state index is 0.698. The molecule has 3 heterocycles. The summed E-state index contributed by atoms with van der Waals surface area (Å²) in [5.41, 5.74) is 17.1. The average molecular weight is 1100 g/mol. The maximum atomic E-state index is 5.44. The highest BCUT2D eigenvalue weighted by Gasteiger charge is 2.21. The van der Waals surface area contributed by atoms with Gasteiger partial charge in [0.25, 0.3) is 0 Å². The molecule has 0 radical (unpaired) electrons. The molecule has 8 rings (SSSR count). The van der Waals surface area contributed by atoms with E-state index in [0.717, 1.165) is 42.4 Å². The van der Waals surface area contributed by atoms with E-state index >= 15 is 0 Å². The van der Waals surface area contributed by atoms with Gasteiger partial charge in [0.05, 0.1) is 0 Å². The lowest BCUT2D eigenvalue weighted by atomic mass is 9.85. The Balaban J connectivity index is 1.34. The minimum absolute atomic E-state index is 0.698. The number of nitrogens with zero attached hydrogens (tertiary/aromatic N) is 3. The fraction of sp³-hybridized carbons (Fsp3) is 0.453. The summed E-state index contributed by atoms with van der Waals surface area (Å²) in [5, 5.41) is 0. The summed E-state index contributed by atoms with van der Waals surface area (Å²) in [5.74, 6) is 2.11. The van der Waals surface area contributed by atoms with E-state index in [2.05, 4.69) is 169 Å². The van der Waals surface area contributed by atoms with Gasteiger partial charge in [-0.2, -0.15) is 0 Å². The van der Waals surface area contributed by atoms with Crippen molar-refractivity contribution in [3.8, 4) is 76.6 Å². The van der Waals surface area contributed by atoms with Crippen molar-refractivity contribution in [1.29, 1.82) is 0 Å². The van der Waals surface area contributed by atoms with Crippen molar-refractivity contribution in [3.05, 3.63) is 160 Å². The molecular formula is C75H95N3S2. The van der Waals surface area contributed by atoms with E-state index in [4.69, 9.17) is 15.0 Å². The summed E-state index contributed by atoms with van der Waals surface area (Å²) in [6, 6.07) is 48.3. The number of benzene rings is 5. The van der Waals surface area contributed by atoms with Gasteiger partial charge in [0.1, 0.15) is 0 Å². The number of thiophene rings is 2. The van der Waals surface area contributed by atoms with Crippen molar-refractivity contribution < 1.29 is 0 Å². The number of hydrogen-bond donors (Lipinski definition) is 0. The molecule has 0 saturated heterocycles. The van der Waals surface area contributed by atoms with Gasteiger partial charge in [-0.05, 0) is 169 Å². The Morgan fingerprint density at radius 2 is 0.637 bits per heavy atom. The molecule has 0 saturated carbocycles. The SMILES string of the molecule is CCCCCCCCc1cc(-c2cc(-c3nc(-c4ccccc4)nc(-c4ccccc4)n3)cc(-c3cc(CCCCCCCC)c(-c4ccc(-c5ccc(C)s5)s4)cc3CCCCCCCC)c2)c(CCCCCCCC)cc1C. The van der Waals surface area contributed by atoms with Crippen molar-refractivity contribution in [2.24, 2.45) is 0 Å². The van der Waals surface area contributed by atoms with Crippen molar-refractivity contribution in [2.45, 2.75) is 221 Å². The Bertz CT molecular complexity index is 3030. The summed E-state index contributed by atoms with van der Waals surface area (Å²) in [6.07, 6.45) is 35.2. The maximum absolute atomic E-state index is 5.44. The Labute approximate surface area is 492 Å². The van der Waals surface area contributed by atoms with Gasteiger partial charge in [-0.1, -0.05) is 235 Å². The molecule has 5 heteroatoms. The lowest BCUT2D eigenvalue weighted by Crippen LogP contribution is -2.02. The molecule has 422 valence electrons. The molecule has 0 unspecified atom stereocenters. The van der Waals surface area contributed by atoms with E-state index in [0.29, 0.717) is 17.5 Å². The van der Waals surface area contributed by atoms with Gasteiger partial charge >= 0.3 is 0 Å². The second-order valence-electron chi connectivity index (χ2n) is 23.1. The van der Waals surface area contributed by atoms with Gasteiger partial charge < -0.3 is 0 Å². The van der Waals surface area contributed by atoms with Crippen LogP contribution in [0.4, 0.5) is 0 Å². The van der Waals surface area contributed by atoms with Crippen molar-refractivity contribution >= 4 is 22.7 Å². The molecule has 80 heavy (non-hydrogen) atoms. The summed E-state index contributed by atoms with van der Waals surface area (Å²) in [7, 11) is 0. The van der Waals surface area contributed by atoms with Crippen LogP contribution < -0.4 is 0 Å². The lowest BCUT2D eigenvalue weighted by molar-refractivity contribution is 0.605. The van der Waals surface area contributed by atoms with E-state index < -0.39 is 0 Å². The molecule has 3 nitrogen and oxygen atoms in total. The highest BCUT2D eigenvalue weighted by molar-refractivity contribution is 7.23. The third kappa shape index (κ3) is 17.8. The summed E-state index contributed by atoms with van der Waals surface area (Å²) >= 11 is 3.89. The first-order valence-corrected chi connectivity index (χ1v) is 33.5. The largest absolute Gasteiger partial charge is 0.208 e. The van der Waals surface area contributed by atoms with E-state index in [1.165, 1.54) is 229 Å². The number of aromatic nitrogens is 3. The zero-order valence-corrected chi connectivity index (χ0v) is 51.7. The molecule has 3 aromatic heterocycles. The summed E-state index contributed by atoms with van der Waals surface area (Å²) < 4.78 is 0. The van der Waals surface area contributed by atoms with Crippen LogP contribution >= 0.6 is 22.7 Å². The molecule has 0 atom stereocenters. The number of hydrogen-bond acceptors (Lipinski definition) is 5. The first-order valence-electron chi connectivity index (χ1n) is 31.8. The standard InChI is InChI=1S/C75H95N3S2/c1-7-11-15-19-23-29-41-60-53-67(61(49-56(60)5)42-30-24-20-16-12-8-2)64-50-65(52-66(51-64)75-77-73(58-37-33-27-34-38-58)76-74(78-75)59-39-35-28-36-40-59)68-54-63(44-32-26-22-18-14-10-4)69(55-62(68)43-31-25-21-17-13-9-3)70-47-48-72(80-70)71-46-45-57(6)79-71/h27-28,33-40,45-55H,7-26,29-32,41-44H2,1-6H3. The highest BCUT2D eigenvalue weighted by atomic mass is 32.1. The van der Waals surface area contributed by atoms with Crippen LogP contribution in [0.3, 0.4) is 0 Å². The van der Waals surface area contributed by atoms with Gasteiger partial charge in [-0.25, -0.2) is 15.0 Å². The van der Waals surface area contributed by atoms with Crippen LogP contribution in [0.25, 0.3) is 76.6 Å². The van der Waals surface area contributed by atoms with Crippen molar-refractivity contribution in [3.63, 3.8) is 0 Å². The van der Waals surface area contributed by atoms with Gasteiger partial charge in [0.15, 0.2) is 17.5 Å². The van der Waals surface area contributed by atoms with Crippen LogP contribution in [-0.4, -0.2) is 15.0 Å². The van der Waals surface area contributed by atoms with Crippen LogP contribution in [0.2, 0.25) is 0 Å². The van der Waals surface area contributed by atoms with Gasteiger partial charge in [-0.15, -0.1) is 22.7 Å². The Hall–Kier alpha value is -5.49. The number of aryl methyl sites for hydroxylation is 6. The lowest BCUT2D eigenvalue weighted by Gasteiger charge is -2.20. The first-order chi connectivity index (χ1) is 39.3. The number of rotatable bonds is 35. The van der Waals surface area contributed by atoms with E-state index in [1.54, 1.807) is 0 Å². The molecule has 8 aromatic rings. The fourth-order valence-electron chi connectivity index (χ4n) is 11.7. The monoisotopic (exact) mass is 1100 g/mol. The third-order valence-corrected chi connectivity index (χ3v) is 18.8. The third-order valence-electron chi connectivity index (χ3n) is 16.5. The summed E-state index contributed by atoms with van der Waals surface area (Å²) in [6.45, 7) is 13.9. The topological polar surface area (TPSA) is 38.7 Å². The molecule has 0 bridgehead atoms. The van der Waals surface area contributed by atoms with Crippen molar-refractivity contribution in [2.75, 3.05) is 0 Å². The fourth-order valence-corrected chi connectivity index (χ4v) is 13.7. The smallest absolute Gasteiger partial charge is 0.164 e. The molecule has 0 fully saturated rings. The molecular weight excluding hydrogens is 1010 g/mol. The van der Waals surface area contributed by atoms with Gasteiger partial charge in [0, 0.05) is 36.2 Å². The van der Waals surface area contributed by atoms with Crippen LogP contribution in [-0.2, 0) is 25.7 Å². The molecule has 5 aromatic carbocycles. The Morgan fingerprint density at radius 3 is 1.10 bits per heavy atom. The molecule has 0 aliphatic carbocycles. The molecule has 0 amide bonds. The molecule has 0 aliphatic rings. The van der Waals surface area contributed by atoms with Crippen LogP contribution in [0.15, 0.2) is 127 Å². The first kappa shape index (κ1) is 60.6. The van der Waals surface area contributed by atoms with Gasteiger partial charge in [-0.3, -0.25) is 0 Å². The average Bonchev–Trinajstić information content (AvgIpc) is 4.20. The second kappa shape index (κ2) is 32.8. The highest BCUT2D eigenvalue weighted by Crippen LogP contribution is 2.44. The molecule has 0 aliphatic heterocycles. The second-order valence-corrected chi connectivity index (χ2v) is 25.5. The molecule has 0 spiro atoms. The number of unbranched alkanes of at least 4 members (excludes halogenated alkanes) is 20. The van der Waals surface area contributed by atoms with E-state index in [-0.39, 0.29) is 0 Å². The minimum Gasteiger partial charge on any atom is -0.208 e. The van der Waals surface area contributed by atoms with Crippen LogP contribution in [0.1, 0.15) is 214 Å². The maximum Gasteiger partial charge on any atom is 0.164 e. The van der Waals surface area contributed by atoms with E-state index in [1.807, 2.05) is 22.7 Å². The zero-order chi connectivity index (χ0) is 55.7. The zero-order valence-electron chi connectivity index (χ0n) is 50.1. The predicted molar refractivity (Wildman–Crippen MR) is 351 cm³/mol. The van der Waals surface area contributed by atoms with Crippen LogP contribution in [0.5, 0.6) is 0 Å². The quantitative estimate of drug-likeness (QED) is 0.0372. The Kier molecular flexibility index (Phi) is 24.9. The van der Waals surface area contributed by atoms with Gasteiger partial charge in [0.2, 0.25) is 0 Å². The van der Waals surface area contributed by atoms with E-state index in [9.17, 15) is 0 Å². The normalized spacial score (nSPS) is 11.5. The Morgan fingerprint density at radius 1 is 0.287 bits per heavy atom. The molecule has 0 N–H and O–H groups in total.